The van der Waals surface area contributed by atoms with E-state index < -0.39 is 53.5 Å². The van der Waals surface area contributed by atoms with Gasteiger partial charge in [0, 0.05) is 35.4 Å². The zero-order valence-electron chi connectivity index (χ0n) is 35.6. The molecule has 2 spiro atoms. The minimum absolute atomic E-state index is 0.0385. The first-order valence-corrected chi connectivity index (χ1v) is 20.9. The van der Waals surface area contributed by atoms with Gasteiger partial charge in [-0.3, -0.25) is 19.4 Å². The van der Waals surface area contributed by atoms with Gasteiger partial charge in [0.05, 0.1) is 35.8 Å². The number of nitrogens with zero attached hydrogens (tertiary/aromatic N) is 4. The molecule has 2 saturated heterocycles. The Hall–Kier alpha value is -7.00. The molecule has 0 atom stereocenters. The molecular formula is C44H46F6N8O8. The maximum absolute atomic E-state index is 12.7. The number of nitrogens with one attached hydrogen (secondary N) is 2. The molecule has 4 fully saturated rings. The van der Waals surface area contributed by atoms with Crippen LogP contribution in [0.3, 0.4) is 0 Å². The molecule has 22 heteroatoms. The van der Waals surface area contributed by atoms with Crippen LogP contribution in [-0.2, 0) is 19.1 Å². The lowest BCUT2D eigenvalue weighted by molar-refractivity contribution is -0.275. The van der Waals surface area contributed by atoms with E-state index in [-0.39, 0.29) is 40.5 Å². The Morgan fingerprint density at radius 2 is 1.06 bits per heavy atom. The summed E-state index contributed by atoms with van der Waals surface area (Å²) in [5, 5.41) is 5.26. The summed E-state index contributed by atoms with van der Waals surface area (Å²) in [4.78, 5) is 62.2. The molecule has 6 N–H and O–H groups in total. The summed E-state index contributed by atoms with van der Waals surface area (Å²) in [5.74, 6) is -1.27. The first-order valence-electron chi connectivity index (χ1n) is 20.9. The van der Waals surface area contributed by atoms with Crippen LogP contribution >= 0.6 is 0 Å². The minimum Gasteiger partial charge on any atom is -0.441 e. The van der Waals surface area contributed by atoms with Crippen molar-refractivity contribution in [1.29, 1.82) is 0 Å². The highest BCUT2D eigenvalue weighted by molar-refractivity contribution is 5.97. The SMILES string of the molecule is Cc1cccc(N2CC3(CCC(C(=O)Nc4cc(OC(F)(F)F)ccc4N)CC3)OC2=O)n1.Cc1cccc(N2CC3(CCC(C(=O)Nc4ccc(OC(F)(F)F)cc4N)CC3)OC2=O)n1. The number of anilines is 6. The monoisotopic (exact) mass is 928 g/mol. The lowest BCUT2D eigenvalue weighted by atomic mass is 9.78. The maximum atomic E-state index is 12.7. The molecule has 4 aliphatic rings. The van der Waals surface area contributed by atoms with Crippen LogP contribution in [0.1, 0.15) is 62.8 Å². The Labute approximate surface area is 373 Å². The quantitative estimate of drug-likeness (QED) is 0.0964. The molecular weight excluding hydrogens is 883 g/mol. The van der Waals surface area contributed by atoms with Gasteiger partial charge in [-0.25, -0.2) is 19.6 Å². The molecule has 4 amide bonds. The summed E-state index contributed by atoms with van der Waals surface area (Å²) >= 11 is 0. The summed E-state index contributed by atoms with van der Waals surface area (Å²) in [6.45, 7) is 4.39. The first kappa shape index (κ1) is 47.0. The number of nitrogen functional groups attached to an aromatic ring is 2. The third-order valence-electron chi connectivity index (χ3n) is 11.8. The van der Waals surface area contributed by atoms with Crippen LogP contribution in [0.5, 0.6) is 11.5 Å². The van der Waals surface area contributed by atoms with Gasteiger partial charge in [-0.2, -0.15) is 0 Å². The number of halogens is 6. The van der Waals surface area contributed by atoms with E-state index in [9.17, 15) is 45.5 Å². The number of nitrogens with two attached hydrogens (primary N) is 2. The molecule has 0 bridgehead atoms. The van der Waals surface area contributed by atoms with E-state index >= 15 is 0 Å². The van der Waals surface area contributed by atoms with Gasteiger partial charge in [0.15, 0.2) is 0 Å². The molecule has 4 aromatic rings. The van der Waals surface area contributed by atoms with Gasteiger partial charge in [-0.1, -0.05) is 12.1 Å². The van der Waals surface area contributed by atoms with Gasteiger partial charge in [0.1, 0.15) is 34.3 Å². The lowest BCUT2D eigenvalue weighted by Gasteiger charge is -2.34. The third-order valence-corrected chi connectivity index (χ3v) is 11.8. The van der Waals surface area contributed by atoms with Crippen LogP contribution in [0.15, 0.2) is 72.8 Å². The van der Waals surface area contributed by atoms with Crippen molar-refractivity contribution >= 4 is 58.4 Å². The molecule has 2 aliphatic heterocycles. The largest absolute Gasteiger partial charge is 0.573 e. The fourth-order valence-electron chi connectivity index (χ4n) is 8.45. The van der Waals surface area contributed by atoms with Crippen molar-refractivity contribution in [2.75, 3.05) is 45.0 Å². The number of alkyl halides is 6. The average molecular weight is 929 g/mol. The number of hydrogen-bond donors (Lipinski definition) is 4. The number of carbonyl (C=O) groups excluding carboxylic acids is 4. The van der Waals surface area contributed by atoms with Crippen LogP contribution in [0.2, 0.25) is 0 Å². The number of aryl methyl sites for hydroxylation is 2. The zero-order valence-corrected chi connectivity index (χ0v) is 35.6. The second-order valence-corrected chi connectivity index (χ2v) is 16.7. The number of amides is 4. The summed E-state index contributed by atoms with van der Waals surface area (Å²) in [6, 6.07) is 17.5. The van der Waals surface area contributed by atoms with Gasteiger partial charge >= 0.3 is 24.9 Å². The fourth-order valence-corrected chi connectivity index (χ4v) is 8.45. The summed E-state index contributed by atoms with van der Waals surface area (Å²) in [5.41, 5.74) is 12.1. The normalized spacial score (nSPS) is 22.8. The van der Waals surface area contributed by atoms with Gasteiger partial charge in [0.2, 0.25) is 11.8 Å². The third kappa shape index (κ3) is 11.4. The van der Waals surface area contributed by atoms with Crippen molar-refractivity contribution in [3.63, 3.8) is 0 Å². The molecule has 2 aromatic carbocycles. The zero-order chi connectivity index (χ0) is 47.6. The maximum Gasteiger partial charge on any atom is 0.573 e. The lowest BCUT2D eigenvalue weighted by Crippen LogP contribution is -2.41. The van der Waals surface area contributed by atoms with Gasteiger partial charge in [0.25, 0.3) is 0 Å². The van der Waals surface area contributed by atoms with Crippen LogP contribution < -0.4 is 41.4 Å². The Kier molecular flexibility index (Phi) is 13.1. The first-order chi connectivity index (χ1) is 31.1. The summed E-state index contributed by atoms with van der Waals surface area (Å²) in [6.07, 6.45) is -6.75. The van der Waals surface area contributed by atoms with E-state index in [4.69, 9.17) is 20.9 Å². The number of rotatable bonds is 8. The molecule has 16 nitrogen and oxygen atoms in total. The molecule has 2 aromatic heterocycles. The van der Waals surface area contributed by atoms with E-state index in [1.807, 2.05) is 38.1 Å². The number of ether oxygens (including phenoxy) is 4. The van der Waals surface area contributed by atoms with Crippen molar-refractivity contribution in [1.82, 2.24) is 9.97 Å². The van der Waals surface area contributed by atoms with Crippen molar-refractivity contribution in [3.8, 4) is 11.5 Å². The fraction of sp³-hybridized carbons (Fsp3) is 0.409. The molecule has 0 radical (unpaired) electrons. The number of aromatic nitrogens is 2. The van der Waals surface area contributed by atoms with Crippen molar-refractivity contribution in [2.45, 2.75) is 89.1 Å². The molecule has 2 aliphatic carbocycles. The number of hydrogen-bond acceptors (Lipinski definition) is 12. The van der Waals surface area contributed by atoms with Crippen LogP contribution in [0.25, 0.3) is 0 Å². The average Bonchev–Trinajstić information content (AvgIpc) is 3.74. The van der Waals surface area contributed by atoms with Gasteiger partial charge in [-0.15, -0.1) is 26.3 Å². The second-order valence-electron chi connectivity index (χ2n) is 16.7. The van der Waals surface area contributed by atoms with Crippen LogP contribution in [-0.4, -0.2) is 71.0 Å². The smallest absolute Gasteiger partial charge is 0.441 e. The van der Waals surface area contributed by atoms with Crippen molar-refractivity contribution in [3.05, 3.63) is 84.2 Å². The predicted molar refractivity (Wildman–Crippen MR) is 227 cm³/mol. The minimum atomic E-state index is -4.85. The van der Waals surface area contributed by atoms with E-state index in [0.717, 1.165) is 35.7 Å². The Morgan fingerprint density at radius 3 is 1.48 bits per heavy atom. The number of pyridine rings is 2. The topological polar surface area (TPSA) is 214 Å². The van der Waals surface area contributed by atoms with Crippen molar-refractivity contribution < 1.29 is 64.5 Å². The van der Waals surface area contributed by atoms with Gasteiger partial charge in [-0.05, 0) is 114 Å². The standard InChI is InChI=1S/2C22H23F3N4O4/c1-13-3-2-4-18(27-13)29-12-21(33-20(29)31)9-7-14(8-10-21)19(30)28-17-6-5-15(11-16(17)26)32-22(23,24)25;1-13-3-2-4-18(27-13)29-12-21(33-20(29)31)9-7-14(8-10-21)19(30)28-17-11-15(5-6-16(17)26)32-22(23,24)25/h2*2-6,11,14H,7-10,12,26H2,1H3,(H,28,30). The van der Waals surface area contributed by atoms with Crippen molar-refractivity contribution in [2.24, 2.45) is 11.8 Å². The number of benzene rings is 2. The van der Waals surface area contributed by atoms with E-state index in [0.29, 0.717) is 76.1 Å². The van der Waals surface area contributed by atoms with Gasteiger partial charge < -0.3 is 41.0 Å². The van der Waals surface area contributed by atoms with E-state index in [1.54, 1.807) is 12.1 Å². The van der Waals surface area contributed by atoms with Crippen LogP contribution in [0.4, 0.5) is 70.3 Å². The summed E-state index contributed by atoms with van der Waals surface area (Å²) in [7, 11) is 0. The van der Waals surface area contributed by atoms with E-state index in [2.05, 4.69) is 30.1 Å². The Morgan fingerprint density at radius 1 is 0.636 bits per heavy atom. The Bertz CT molecular complexity index is 2470. The summed E-state index contributed by atoms with van der Waals surface area (Å²) < 4.78 is 93.6. The van der Waals surface area contributed by atoms with E-state index in [1.165, 1.54) is 21.9 Å². The second kappa shape index (κ2) is 18.5. The molecule has 0 unspecified atom stereocenters. The molecule has 8 rings (SSSR count). The number of carbonyl (C=O) groups is 4. The highest BCUT2D eigenvalue weighted by atomic mass is 19.4. The molecule has 66 heavy (non-hydrogen) atoms. The molecule has 2 saturated carbocycles. The highest BCUT2D eigenvalue weighted by Crippen LogP contribution is 2.43. The highest BCUT2D eigenvalue weighted by Gasteiger charge is 2.50. The van der Waals surface area contributed by atoms with Crippen LogP contribution in [0, 0.1) is 25.7 Å². The predicted octanol–water partition coefficient (Wildman–Crippen LogP) is 8.79. The molecule has 4 heterocycles. The molecule has 352 valence electrons. The Balaban J connectivity index is 0.000000196.